The van der Waals surface area contributed by atoms with Gasteiger partial charge in [0.1, 0.15) is 12.6 Å². The standard InChI is InChI=1S/C14H17N3O3/c1-9-3-5-11(6-4-9)7-15-12(18)8-17-13(19)10(2)16-14(17)20/h3-6,10H,7-8H2,1-2H3,(H,15,18)(H,16,20). The molecule has 0 aromatic heterocycles. The fourth-order valence-corrected chi connectivity index (χ4v) is 1.91. The van der Waals surface area contributed by atoms with Crippen LogP contribution in [0.1, 0.15) is 18.1 Å². The summed E-state index contributed by atoms with van der Waals surface area (Å²) < 4.78 is 0. The Labute approximate surface area is 117 Å². The van der Waals surface area contributed by atoms with E-state index in [1.807, 2.05) is 31.2 Å². The molecule has 1 aromatic carbocycles. The number of nitrogens with zero attached hydrogens (tertiary/aromatic N) is 1. The van der Waals surface area contributed by atoms with Crippen LogP contribution in [0.2, 0.25) is 0 Å². The van der Waals surface area contributed by atoms with Crippen molar-refractivity contribution in [3.63, 3.8) is 0 Å². The van der Waals surface area contributed by atoms with Crippen molar-refractivity contribution in [3.05, 3.63) is 35.4 Å². The zero-order valence-electron chi connectivity index (χ0n) is 11.5. The number of benzene rings is 1. The molecule has 6 heteroatoms. The van der Waals surface area contributed by atoms with Gasteiger partial charge in [-0.3, -0.25) is 14.5 Å². The van der Waals surface area contributed by atoms with E-state index in [1.54, 1.807) is 6.92 Å². The fourth-order valence-electron chi connectivity index (χ4n) is 1.91. The van der Waals surface area contributed by atoms with Crippen LogP contribution in [0.25, 0.3) is 0 Å². The normalized spacial score (nSPS) is 18.1. The fraction of sp³-hybridized carbons (Fsp3) is 0.357. The molecule has 0 aliphatic carbocycles. The van der Waals surface area contributed by atoms with Crippen LogP contribution < -0.4 is 10.6 Å². The lowest BCUT2D eigenvalue weighted by Gasteiger charge is -2.12. The largest absolute Gasteiger partial charge is 0.350 e. The maximum Gasteiger partial charge on any atom is 0.325 e. The van der Waals surface area contributed by atoms with E-state index in [0.29, 0.717) is 6.54 Å². The molecule has 1 unspecified atom stereocenters. The molecule has 1 atom stereocenters. The quantitative estimate of drug-likeness (QED) is 0.788. The van der Waals surface area contributed by atoms with Gasteiger partial charge in [-0.1, -0.05) is 29.8 Å². The highest BCUT2D eigenvalue weighted by molar-refractivity contribution is 6.06. The van der Waals surface area contributed by atoms with Crippen molar-refractivity contribution >= 4 is 17.8 Å². The molecule has 106 valence electrons. The van der Waals surface area contributed by atoms with Gasteiger partial charge in [-0.2, -0.15) is 0 Å². The van der Waals surface area contributed by atoms with Crippen molar-refractivity contribution in [1.82, 2.24) is 15.5 Å². The molecule has 4 amide bonds. The molecule has 1 aliphatic heterocycles. The molecule has 2 rings (SSSR count). The highest BCUT2D eigenvalue weighted by atomic mass is 16.2. The molecule has 1 saturated heterocycles. The minimum absolute atomic E-state index is 0.249. The predicted octanol–water partition coefficient (Wildman–Crippen LogP) is 0.552. The molecule has 2 N–H and O–H groups in total. The second kappa shape index (κ2) is 5.73. The summed E-state index contributed by atoms with van der Waals surface area (Å²) in [5.41, 5.74) is 2.11. The van der Waals surface area contributed by atoms with E-state index < -0.39 is 12.1 Å². The monoisotopic (exact) mass is 275 g/mol. The van der Waals surface area contributed by atoms with E-state index in [4.69, 9.17) is 0 Å². The lowest BCUT2D eigenvalue weighted by Crippen LogP contribution is -2.40. The first-order chi connectivity index (χ1) is 9.47. The van der Waals surface area contributed by atoms with Crippen LogP contribution in [0.4, 0.5) is 4.79 Å². The Kier molecular flexibility index (Phi) is 4.02. The Bertz CT molecular complexity index is 539. The first-order valence-electron chi connectivity index (χ1n) is 6.41. The number of carbonyl (C=O) groups is 3. The van der Waals surface area contributed by atoms with Gasteiger partial charge in [0.15, 0.2) is 0 Å². The highest BCUT2D eigenvalue weighted by Gasteiger charge is 2.35. The van der Waals surface area contributed by atoms with Crippen LogP contribution in [0.15, 0.2) is 24.3 Å². The summed E-state index contributed by atoms with van der Waals surface area (Å²) >= 11 is 0. The van der Waals surface area contributed by atoms with Gasteiger partial charge < -0.3 is 10.6 Å². The number of rotatable bonds is 4. The number of imide groups is 1. The molecule has 6 nitrogen and oxygen atoms in total. The summed E-state index contributed by atoms with van der Waals surface area (Å²) in [6.45, 7) is 3.70. The van der Waals surface area contributed by atoms with Crippen molar-refractivity contribution < 1.29 is 14.4 Å². The molecule has 1 aliphatic rings. The van der Waals surface area contributed by atoms with E-state index in [9.17, 15) is 14.4 Å². The molecular weight excluding hydrogens is 258 g/mol. The second-order valence-electron chi connectivity index (χ2n) is 4.86. The Morgan fingerprint density at radius 2 is 1.95 bits per heavy atom. The smallest absolute Gasteiger partial charge is 0.325 e. The Morgan fingerprint density at radius 1 is 1.30 bits per heavy atom. The number of amides is 4. The molecule has 0 bridgehead atoms. The van der Waals surface area contributed by atoms with Crippen LogP contribution in [-0.4, -0.2) is 35.3 Å². The molecule has 0 spiro atoms. The van der Waals surface area contributed by atoms with E-state index in [0.717, 1.165) is 16.0 Å². The number of urea groups is 1. The molecule has 1 heterocycles. The first-order valence-corrected chi connectivity index (χ1v) is 6.41. The zero-order chi connectivity index (χ0) is 14.7. The average molecular weight is 275 g/mol. The minimum Gasteiger partial charge on any atom is -0.350 e. The zero-order valence-corrected chi connectivity index (χ0v) is 11.5. The van der Waals surface area contributed by atoms with E-state index >= 15 is 0 Å². The van der Waals surface area contributed by atoms with Crippen LogP contribution in [0.3, 0.4) is 0 Å². The molecular formula is C14H17N3O3. The van der Waals surface area contributed by atoms with Gasteiger partial charge in [0, 0.05) is 6.54 Å². The SMILES string of the molecule is Cc1ccc(CNC(=O)CN2C(=O)NC(C)C2=O)cc1. The number of hydrogen-bond donors (Lipinski definition) is 2. The summed E-state index contributed by atoms with van der Waals surface area (Å²) in [6, 6.07) is 6.68. The van der Waals surface area contributed by atoms with E-state index in [-0.39, 0.29) is 18.4 Å². The van der Waals surface area contributed by atoms with Gasteiger partial charge in [0.05, 0.1) is 0 Å². The summed E-state index contributed by atoms with van der Waals surface area (Å²) in [4.78, 5) is 35.8. The van der Waals surface area contributed by atoms with Crippen LogP contribution >= 0.6 is 0 Å². The van der Waals surface area contributed by atoms with Crippen LogP contribution in [0, 0.1) is 6.92 Å². The van der Waals surface area contributed by atoms with Crippen LogP contribution in [-0.2, 0) is 16.1 Å². The molecule has 20 heavy (non-hydrogen) atoms. The summed E-state index contributed by atoms with van der Waals surface area (Å²) in [7, 11) is 0. The Balaban J connectivity index is 1.85. The summed E-state index contributed by atoms with van der Waals surface area (Å²) in [5, 5.41) is 5.15. The van der Waals surface area contributed by atoms with Crippen molar-refractivity contribution in [2.75, 3.05) is 6.54 Å². The van der Waals surface area contributed by atoms with E-state index in [1.165, 1.54) is 0 Å². The first kappa shape index (κ1) is 14.0. The topological polar surface area (TPSA) is 78.5 Å². The average Bonchev–Trinajstić information content (AvgIpc) is 2.65. The molecule has 1 fully saturated rings. The van der Waals surface area contributed by atoms with Gasteiger partial charge >= 0.3 is 6.03 Å². The van der Waals surface area contributed by atoms with Gasteiger partial charge in [-0.25, -0.2) is 4.79 Å². The number of carbonyl (C=O) groups excluding carboxylic acids is 3. The molecule has 1 aromatic rings. The maximum atomic E-state index is 11.8. The van der Waals surface area contributed by atoms with Gasteiger partial charge in [-0.05, 0) is 19.4 Å². The Morgan fingerprint density at radius 3 is 2.50 bits per heavy atom. The van der Waals surface area contributed by atoms with Crippen LogP contribution in [0.5, 0.6) is 0 Å². The summed E-state index contributed by atoms with van der Waals surface area (Å²) in [6.07, 6.45) is 0. The Hall–Kier alpha value is -2.37. The third-order valence-electron chi connectivity index (χ3n) is 3.13. The summed E-state index contributed by atoms with van der Waals surface area (Å²) in [5.74, 6) is -0.733. The van der Waals surface area contributed by atoms with Gasteiger partial charge in [0.25, 0.3) is 5.91 Å². The van der Waals surface area contributed by atoms with Crippen molar-refractivity contribution in [2.45, 2.75) is 26.4 Å². The number of hydrogen-bond acceptors (Lipinski definition) is 3. The van der Waals surface area contributed by atoms with Gasteiger partial charge in [0.2, 0.25) is 5.91 Å². The number of nitrogens with one attached hydrogen (secondary N) is 2. The van der Waals surface area contributed by atoms with Crippen molar-refractivity contribution in [3.8, 4) is 0 Å². The third kappa shape index (κ3) is 3.14. The van der Waals surface area contributed by atoms with Crippen molar-refractivity contribution in [1.29, 1.82) is 0 Å². The van der Waals surface area contributed by atoms with Crippen molar-refractivity contribution in [2.24, 2.45) is 0 Å². The van der Waals surface area contributed by atoms with Gasteiger partial charge in [-0.15, -0.1) is 0 Å². The minimum atomic E-state index is -0.563. The lowest BCUT2D eigenvalue weighted by atomic mass is 10.1. The lowest BCUT2D eigenvalue weighted by molar-refractivity contribution is -0.132. The highest BCUT2D eigenvalue weighted by Crippen LogP contribution is 2.05. The van der Waals surface area contributed by atoms with E-state index in [2.05, 4.69) is 10.6 Å². The predicted molar refractivity (Wildman–Crippen MR) is 72.7 cm³/mol. The third-order valence-corrected chi connectivity index (χ3v) is 3.13. The molecule has 0 radical (unpaired) electrons. The maximum absolute atomic E-state index is 11.8. The second-order valence-corrected chi connectivity index (χ2v) is 4.86. The molecule has 0 saturated carbocycles. The number of aryl methyl sites for hydroxylation is 1.